The van der Waals surface area contributed by atoms with Crippen LogP contribution in [0.15, 0.2) is 11.8 Å². The molecule has 0 aromatic carbocycles. The second-order valence-electron chi connectivity index (χ2n) is 2.52. The minimum absolute atomic E-state index is 0.254. The van der Waals surface area contributed by atoms with Gasteiger partial charge in [-0.25, -0.2) is 0 Å². The van der Waals surface area contributed by atoms with E-state index < -0.39 is 0 Å². The highest BCUT2D eigenvalue weighted by Crippen LogP contribution is 2.20. The van der Waals surface area contributed by atoms with Gasteiger partial charge in [-0.3, -0.25) is 0 Å². The molecule has 0 bridgehead atoms. The Morgan fingerprint density at radius 2 is 2.44 bits per heavy atom. The van der Waals surface area contributed by atoms with E-state index in [1.807, 2.05) is 0 Å². The van der Waals surface area contributed by atoms with Crippen molar-refractivity contribution in [2.45, 2.75) is 19.3 Å². The molecule has 2 heteroatoms. The lowest BCUT2D eigenvalue weighted by molar-refractivity contribution is 0.206. The molecule has 0 spiro atoms. The maximum absolute atomic E-state index is 8.90. The zero-order chi connectivity index (χ0) is 6.69. The molecule has 1 aliphatic carbocycles. The quantitative estimate of drug-likeness (QED) is 0.557. The summed E-state index contributed by atoms with van der Waals surface area (Å²) in [5.74, 6) is 0.876. The van der Waals surface area contributed by atoms with Gasteiger partial charge in [0.05, 0.1) is 5.76 Å². The van der Waals surface area contributed by atoms with E-state index in [-0.39, 0.29) is 6.61 Å². The lowest BCUT2D eigenvalue weighted by Gasteiger charge is -2.15. The third kappa shape index (κ3) is 1.72. The Labute approximate surface area is 54.8 Å². The van der Waals surface area contributed by atoms with Crippen molar-refractivity contribution in [2.24, 2.45) is 5.92 Å². The van der Waals surface area contributed by atoms with Crippen LogP contribution in [0.1, 0.15) is 19.3 Å². The van der Waals surface area contributed by atoms with Crippen molar-refractivity contribution in [3.05, 3.63) is 11.8 Å². The Morgan fingerprint density at radius 3 is 2.89 bits per heavy atom. The van der Waals surface area contributed by atoms with Crippen molar-refractivity contribution in [1.82, 2.24) is 0 Å². The summed E-state index contributed by atoms with van der Waals surface area (Å²) in [7, 11) is 0. The average Bonchev–Trinajstić information content (AvgIpc) is 1.90. The first-order chi connectivity index (χ1) is 4.33. The molecule has 2 nitrogen and oxygen atoms in total. The zero-order valence-electron chi connectivity index (χ0n) is 5.38. The van der Waals surface area contributed by atoms with Gasteiger partial charge in [-0.2, -0.15) is 0 Å². The molecule has 0 heterocycles. The fraction of sp³-hybridized carbons (Fsp3) is 0.714. The molecule has 1 atom stereocenters. The Hall–Kier alpha value is -0.500. The molecule has 0 fully saturated rings. The van der Waals surface area contributed by atoms with Crippen LogP contribution in [0.4, 0.5) is 0 Å². The van der Waals surface area contributed by atoms with Crippen LogP contribution < -0.4 is 0 Å². The zero-order valence-corrected chi connectivity index (χ0v) is 5.38. The molecule has 0 amide bonds. The first kappa shape index (κ1) is 6.62. The van der Waals surface area contributed by atoms with Gasteiger partial charge in [-0.05, 0) is 24.8 Å². The predicted molar refractivity (Wildman–Crippen MR) is 35.1 cm³/mol. The lowest BCUT2D eigenvalue weighted by atomic mass is 9.94. The highest BCUT2D eigenvalue weighted by molar-refractivity contribution is 4.96. The maximum atomic E-state index is 8.90. The third-order valence-electron chi connectivity index (χ3n) is 1.75. The first-order valence-electron chi connectivity index (χ1n) is 3.32. The van der Waals surface area contributed by atoms with E-state index in [0.29, 0.717) is 11.7 Å². The monoisotopic (exact) mass is 128 g/mol. The van der Waals surface area contributed by atoms with Crippen molar-refractivity contribution in [3.63, 3.8) is 0 Å². The van der Waals surface area contributed by atoms with E-state index in [9.17, 15) is 0 Å². The molecular weight excluding hydrogens is 116 g/mol. The summed E-state index contributed by atoms with van der Waals surface area (Å²) in [6.45, 7) is 0.254. The minimum atomic E-state index is 0.254. The number of allylic oxidation sites excluding steroid dienone is 2. The van der Waals surface area contributed by atoms with Crippen LogP contribution in [0.2, 0.25) is 0 Å². The van der Waals surface area contributed by atoms with Gasteiger partial charge in [0.15, 0.2) is 0 Å². The molecule has 1 aliphatic rings. The highest BCUT2D eigenvalue weighted by atomic mass is 16.3. The highest BCUT2D eigenvalue weighted by Gasteiger charge is 2.11. The van der Waals surface area contributed by atoms with Gasteiger partial charge >= 0.3 is 0 Å². The summed E-state index contributed by atoms with van der Waals surface area (Å²) in [6.07, 6.45) is 4.30. The van der Waals surface area contributed by atoms with E-state index in [0.717, 1.165) is 19.3 Å². The van der Waals surface area contributed by atoms with Gasteiger partial charge in [-0.1, -0.05) is 0 Å². The number of hydrogen-bond acceptors (Lipinski definition) is 2. The van der Waals surface area contributed by atoms with Crippen LogP contribution in [0.5, 0.6) is 0 Å². The van der Waals surface area contributed by atoms with Crippen LogP contribution in [0, 0.1) is 5.92 Å². The van der Waals surface area contributed by atoms with E-state index in [1.54, 1.807) is 6.08 Å². The summed E-state index contributed by atoms with van der Waals surface area (Å²) in [5, 5.41) is 17.6. The second kappa shape index (κ2) is 2.87. The van der Waals surface area contributed by atoms with E-state index in [4.69, 9.17) is 10.2 Å². The topological polar surface area (TPSA) is 40.5 Å². The standard InChI is InChI=1S/C7H12O2/c8-5-6-1-3-7(9)4-2-6/h3,6,8-9H,1-2,4-5H2. The van der Waals surface area contributed by atoms with Crippen molar-refractivity contribution < 1.29 is 10.2 Å². The Balaban J connectivity index is 2.36. The molecular formula is C7H12O2. The molecule has 1 unspecified atom stereocenters. The van der Waals surface area contributed by atoms with Crippen LogP contribution in [0.3, 0.4) is 0 Å². The van der Waals surface area contributed by atoms with Gasteiger partial charge in [-0.15, -0.1) is 0 Å². The number of hydrogen-bond donors (Lipinski definition) is 2. The SMILES string of the molecule is OCC1CC=C(O)CC1. The maximum Gasteiger partial charge on any atom is 0.0883 e. The van der Waals surface area contributed by atoms with E-state index in [2.05, 4.69) is 0 Å². The fourth-order valence-corrected chi connectivity index (χ4v) is 1.04. The Bertz CT molecular complexity index is 118. The van der Waals surface area contributed by atoms with Gasteiger partial charge in [0.1, 0.15) is 0 Å². The van der Waals surface area contributed by atoms with Gasteiger partial charge in [0, 0.05) is 13.0 Å². The molecule has 0 aromatic heterocycles. The van der Waals surface area contributed by atoms with Crippen LogP contribution in [0.25, 0.3) is 0 Å². The summed E-state index contributed by atoms with van der Waals surface area (Å²) >= 11 is 0. The molecule has 52 valence electrons. The Morgan fingerprint density at radius 1 is 1.67 bits per heavy atom. The molecule has 0 saturated carbocycles. The van der Waals surface area contributed by atoms with Crippen LogP contribution in [-0.2, 0) is 0 Å². The molecule has 1 rings (SSSR count). The summed E-state index contributed by atoms with van der Waals surface area (Å²) in [4.78, 5) is 0. The Kier molecular flexibility index (Phi) is 2.11. The molecule has 0 saturated heterocycles. The molecule has 0 radical (unpaired) electrons. The molecule has 0 aromatic rings. The van der Waals surface area contributed by atoms with Crippen molar-refractivity contribution in [2.75, 3.05) is 6.61 Å². The minimum Gasteiger partial charge on any atom is -0.513 e. The van der Waals surface area contributed by atoms with Crippen molar-refractivity contribution >= 4 is 0 Å². The van der Waals surface area contributed by atoms with Gasteiger partial charge in [0.25, 0.3) is 0 Å². The summed E-state index contributed by atoms with van der Waals surface area (Å²) < 4.78 is 0. The first-order valence-corrected chi connectivity index (χ1v) is 3.32. The van der Waals surface area contributed by atoms with E-state index >= 15 is 0 Å². The predicted octanol–water partition coefficient (Wildman–Crippen LogP) is 1.22. The molecule has 9 heavy (non-hydrogen) atoms. The number of aliphatic hydroxyl groups is 2. The molecule has 0 aliphatic heterocycles. The van der Waals surface area contributed by atoms with Crippen molar-refractivity contribution in [1.29, 1.82) is 0 Å². The third-order valence-corrected chi connectivity index (χ3v) is 1.75. The van der Waals surface area contributed by atoms with Crippen LogP contribution in [-0.4, -0.2) is 16.8 Å². The fourth-order valence-electron chi connectivity index (χ4n) is 1.04. The van der Waals surface area contributed by atoms with Crippen molar-refractivity contribution in [3.8, 4) is 0 Å². The summed E-state index contributed by atoms with van der Waals surface area (Å²) in [5.41, 5.74) is 0. The molecule has 2 N–H and O–H groups in total. The van der Waals surface area contributed by atoms with Crippen LogP contribution >= 0.6 is 0 Å². The lowest BCUT2D eigenvalue weighted by Crippen LogP contribution is -2.09. The average molecular weight is 128 g/mol. The largest absolute Gasteiger partial charge is 0.513 e. The second-order valence-corrected chi connectivity index (χ2v) is 2.52. The smallest absolute Gasteiger partial charge is 0.0883 e. The normalized spacial score (nSPS) is 27.7. The number of aliphatic hydroxyl groups excluding tert-OH is 2. The van der Waals surface area contributed by atoms with E-state index in [1.165, 1.54) is 0 Å². The van der Waals surface area contributed by atoms with Gasteiger partial charge in [0.2, 0.25) is 0 Å². The van der Waals surface area contributed by atoms with Gasteiger partial charge < -0.3 is 10.2 Å². The number of rotatable bonds is 1. The summed E-state index contributed by atoms with van der Waals surface area (Å²) in [6, 6.07) is 0.